The third kappa shape index (κ3) is 3.17. The van der Waals surface area contributed by atoms with E-state index in [1.165, 1.54) is 19.4 Å². The minimum Gasteiger partial charge on any atom is -0.506 e. The molecule has 94 valence electrons. The van der Waals surface area contributed by atoms with Gasteiger partial charge in [-0.2, -0.15) is 0 Å². The van der Waals surface area contributed by atoms with Crippen molar-refractivity contribution in [3.8, 4) is 5.75 Å². The average molecular weight is 235 g/mol. The highest BCUT2D eigenvalue weighted by molar-refractivity contribution is 5.27. The Hall–Kier alpha value is -1.13. The molecule has 0 saturated carbocycles. The second-order valence-electron chi connectivity index (χ2n) is 4.83. The van der Waals surface area contributed by atoms with Gasteiger partial charge in [0.15, 0.2) is 0 Å². The van der Waals surface area contributed by atoms with Crippen molar-refractivity contribution in [2.24, 2.45) is 0 Å². The summed E-state index contributed by atoms with van der Waals surface area (Å²) in [5.41, 5.74) is 1.68. The van der Waals surface area contributed by atoms with Crippen molar-refractivity contribution in [2.45, 2.75) is 32.4 Å². The molecule has 0 amide bonds. The van der Waals surface area contributed by atoms with Crippen molar-refractivity contribution in [2.75, 3.05) is 20.1 Å². The molecule has 1 atom stereocenters. The molecular weight excluding hydrogens is 214 g/mol. The van der Waals surface area contributed by atoms with Crippen LogP contribution in [0.15, 0.2) is 12.1 Å². The Balaban J connectivity index is 1.83. The van der Waals surface area contributed by atoms with E-state index in [1.54, 1.807) is 6.07 Å². The first-order valence-corrected chi connectivity index (χ1v) is 6.23. The molecule has 1 saturated heterocycles. The number of likely N-dealkylation sites (N-methyl/N-ethyl adjacent to an activating group) is 1. The molecule has 0 aliphatic carbocycles. The molecule has 17 heavy (non-hydrogen) atoms. The number of hydrogen-bond donors (Lipinski definition) is 2. The largest absolute Gasteiger partial charge is 0.506 e. The van der Waals surface area contributed by atoms with Gasteiger partial charge in [0.25, 0.3) is 0 Å². The van der Waals surface area contributed by atoms with E-state index < -0.39 is 0 Å². The van der Waals surface area contributed by atoms with Crippen LogP contribution in [0, 0.1) is 6.92 Å². The Kier molecular flexibility index (Phi) is 3.97. The van der Waals surface area contributed by atoms with E-state index in [4.69, 9.17) is 0 Å². The first kappa shape index (κ1) is 12.3. The lowest BCUT2D eigenvalue weighted by Crippen LogP contribution is -2.35. The summed E-state index contributed by atoms with van der Waals surface area (Å²) in [5.74, 6) is 0.280. The number of nitrogens with one attached hydrogen (secondary N) is 1. The SMILES string of the molecule is Cc1ccc(O)c(CNCC2CCCN2C)n1. The van der Waals surface area contributed by atoms with E-state index in [0.717, 1.165) is 17.9 Å². The summed E-state index contributed by atoms with van der Waals surface area (Å²) in [5, 5.41) is 13.0. The molecule has 1 unspecified atom stereocenters. The summed E-state index contributed by atoms with van der Waals surface area (Å²) in [6.07, 6.45) is 2.55. The fraction of sp³-hybridized carbons (Fsp3) is 0.615. The van der Waals surface area contributed by atoms with Gasteiger partial charge in [-0.25, -0.2) is 0 Å². The zero-order valence-corrected chi connectivity index (χ0v) is 10.6. The second-order valence-corrected chi connectivity index (χ2v) is 4.83. The van der Waals surface area contributed by atoms with Crippen LogP contribution < -0.4 is 5.32 Å². The van der Waals surface area contributed by atoms with Crippen molar-refractivity contribution in [3.63, 3.8) is 0 Å². The quantitative estimate of drug-likeness (QED) is 0.825. The Labute approximate surface area is 103 Å². The predicted molar refractivity (Wildman–Crippen MR) is 68.0 cm³/mol. The molecule has 2 N–H and O–H groups in total. The predicted octanol–water partition coefficient (Wildman–Crippen LogP) is 1.28. The highest BCUT2D eigenvalue weighted by Gasteiger charge is 2.20. The Morgan fingerprint density at radius 1 is 1.53 bits per heavy atom. The van der Waals surface area contributed by atoms with Gasteiger partial charge in [-0.05, 0) is 45.5 Å². The van der Waals surface area contributed by atoms with Crippen molar-refractivity contribution in [1.29, 1.82) is 0 Å². The molecule has 1 aliphatic rings. The number of pyridine rings is 1. The van der Waals surface area contributed by atoms with Crippen molar-refractivity contribution >= 4 is 0 Å². The van der Waals surface area contributed by atoms with Crippen LogP contribution in [0.2, 0.25) is 0 Å². The van der Waals surface area contributed by atoms with Crippen LogP contribution in [-0.4, -0.2) is 41.2 Å². The van der Waals surface area contributed by atoms with E-state index in [0.29, 0.717) is 12.6 Å². The van der Waals surface area contributed by atoms with Gasteiger partial charge >= 0.3 is 0 Å². The zero-order chi connectivity index (χ0) is 12.3. The van der Waals surface area contributed by atoms with E-state index in [1.807, 2.05) is 13.0 Å². The molecule has 2 rings (SSSR count). The monoisotopic (exact) mass is 235 g/mol. The van der Waals surface area contributed by atoms with Gasteiger partial charge < -0.3 is 15.3 Å². The molecule has 0 spiro atoms. The summed E-state index contributed by atoms with van der Waals surface area (Å²) in [7, 11) is 2.17. The lowest BCUT2D eigenvalue weighted by atomic mass is 10.2. The minimum atomic E-state index is 0.280. The van der Waals surface area contributed by atoms with Crippen LogP contribution in [0.3, 0.4) is 0 Å². The highest BCUT2D eigenvalue weighted by Crippen LogP contribution is 2.16. The van der Waals surface area contributed by atoms with Crippen LogP contribution in [0.1, 0.15) is 24.2 Å². The standard InChI is InChI=1S/C13H21N3O/c1-10-5-6-13(17)12(15-10)9-14-8-11-4-3-7-16(11)2/h5-6,11,14,17H,3-4,7-9H2,1-2H3. The zero-order valence-electron chi connectivity index (χ0n) is 10.6. The summed E-state index contributed by atoms with van der Waals surface area (Å²) < 4.78 is 0. The van der Waals surface area contributed by atoms with Crippen LogP contribution in [0.4, 0.5) is 0 Å². The molecule has 2 heterocycles. The van der Waals surface area contributed by atoms with E-state index in [2.05, 4.69) is 22.2 Å². The molecule has 1 fully saturated rings. The maximum Gasteiger partial charge on any atom is 0.138 e. The highest BCUT2D eigenvalue weighted by atomic mass is 16.3. The Morgan fingerprint density at radius 2 is 2.35 bits per heavy atom. The molecule has 0 bridgehead atoms. The molecule has 0 radical (unpaired) electrons. The first-order chi connectivity index (χ1) is 8.16. The number of aromatic hydroxyl groups is 1. The van der Waals surface area contributed by atoms with Gasteiger partial charge in [0, 0.05) is 24.8 Å². The van der Waals surface area contributed by atoms with E-state index in [9.17, 15) is 5.11 Å². The summed E-state index contributed by atoms with van der Waals surface area (Å²) in [6, 6.07) is 4.16. The van der Waals surface area contributed by atoms with Gasteiger partial charge in [0.2, 0.25) is 0 Å². The number of aryl methyl sites for hydroxylation is 1. The molecule has 4 nitrogen and oxygen atoms in total. The van der Waals surface area contributed by atoms with Crippen LogP contribution in [-0.2, 0) is 6.54 Å². The maximum atomic E-state index is 9.67. The van der Waals surface area contributed by atoms with Crippen LogP contribution >= 0.6 is 0 Å². The molecule has 0 aromatic carbocycles. The van der Waals surface area contributed by atoms with Crippen molar-refractivity contribution in [1.82, 2.24) is 15.2 Å². The summed E-state index contributed by atoms with van der Waals surface area (Å²) in [6.45, 7) is 4.73. The summed E-state index contributed by atoms with van der Waals surface area (Å²) in [4.78, 5) is 6.72. The topological polar surface area (TPSA) is 48.4 Å². The molecule has 1 aliphatic heterocycles. The van der Waals surface area contributed by atoms with Gasteiger partial charge in [-0.3, -0.25) is 4.98 Å². The maximum absolute atomic E-state index is 9.67. The molecule has 1 aromatic heterocycles. The Bertz CT molecular complexity index is 381. The van der Waals surface area contributed by atoms with Crippen molar-refractivity contribution in [3.05, 3.63) is 23.5 Å². The van der Waals surface area contributed by atoms with E-state index in [-0.39, 0.29) is 5.75 Å². The second kappa shape index (κ2) is 5.47. The lowest BCUT2D eigenvalue weighted by Gasteiger charge is -2.19. The first-order valence-electron chi connectivity index (χ1n) is 6.23. The number of likely N-dealkylation sites (tertiary alicyclic amines) is 1. The number of hydrogen-bond acceptors (Lipinski definition) is 4. The fourth-order valence-corrected chi connectivity index (χ4v) is 2.33. The number of nitrogens with zero attached hydrogens (tertiary/aromatic N) is 2. The normalized spacial score (nSPS) is 20.9. The number of aromatic nitrogens is 1. The average Bonchev–Trinajstić information content (AvgIpc) is 2.70. The minimum absolute atomic E-state index is 0.280. The third-order valence-corrected chi connectivity index (χ3v) is 3.43. The van der Waals surface area contributed by atoms with Crippen molar-refractivity contribution < 1.29 is 5.11 Å². The summed E-state index contributed by atoms with van der Waals surface area (Å²) >= 11 is 0. The number of rotatable bonds is 4. The molecule has 1 aromatic rings. The van der Waals surface area contributed by atoms with Gasteiger partial charge in [-0.15, -0.1) is 0 Å². The fourth-order valence-electron chi connectivity index (χ4n) is 2.33. The third-order valence-electron chi connectivity index (χ3n) is 3.43. The molecule has 4 heteroatoms. The lowest BCUT2D eigenvalue weighted by molar-refractivity contribution is 0.299. The van der Waals surface area contributed by atoms with Gasteiger partial charge in [0.1, 0.15) is 5.75 Å². The van der Waals surface area contributed by atoms with E-state index >= 15 is 0 Å². The van der Waals surface area contributed by atoms with Crippen LogP contribution in [0.5, 0.6) is 5.75 Å². The smallest absolute Gasteiger partial charge is 0.138 e. The van der Waals surface area contributed by atoms with Crippen LogP contribution in [0.25, 0.3) is 0 Å². The Morgan fingerprint density at radius 3 is 3.06 bits per heavy atom. The molecular formula is C13H21N3O. The van der Waals surface area contributed by atoms with Gasteiger partial charge in [-0.1, -0.05) is 0 Å². The van der Waals surface area contributed by atoms with Gasteiger partial charge in [0.05, 0.1) is 5.69 Å².